The van der Waals surface area contributed by atoms with Crippen LogP contribution in [-0.4, -0.2) is 19.5 Å². The molecule has 2 atom stereocenters. The van der Waals surface area contributed by atoms with Crippen LogP contribution in [0.3, 0.4) is 0 Å². The molecule has 0 aromatic rings. The van der Waals surface area contributed by atoms with Gasteiger partial charge in [0.15, 0.2) is 5.79 Å². The summed E-state index contributed by atoms with van der Waals surface area (Å²) in [5.74, 6) is -0.334. The molecule has 2 fully saturated rings. The second-order valence-corrected chi connectivity index (χ2v) is 4.27. The fourth-order valence-corrected chi connectivity index (χ4v) is 3.08. The lowest BCUT2D eigenvalue weighted by Gasteiger charge is -2.38. The number of rotatable bonds is 2. The summed E-state index contributed by atoms with van der Waals surface area (Å²) in [6, 6.07) is 0. The van der Waals surface area contributed by atoms with Crippen LogP contribution in [0.1, 0.15) is 32.6 Å². The summed E-state index contributed by atoms with van der Waals surface area (Å²) in [5, 5.41) is 0. The van der Waals surface area contributed by atoms with Crippen molar-refractivity contribution in [2.45, 2.75) is 38.4 Å². The molecule has 1 heterocycles. The van der Waals surface area contributed by atoms with Gasteiger partial charge in [0.2, 0.25) is 0 Å². The van der Waals surface area contributed by atoms with Crippen molar-refractivity contribution in [3.05, 3.63) is 12.2 Å². The molecule has 0 aromatic heterocycles. The van der Waals surface area contributed by atoms with E-state index in [-0.39, 0.29) is 11.2 Å². The summed E-state index contributed by atoms with van der Waals surface area (Å²) in [6.45, 7) is 7.03. The number of ether oxygens (including phenoxy) is 2. The van der Waals surface area contributed by atoms with Crippen molar-refractivity contribution >= 4 is 0 Å². The summed E-state index contributed by atoms with van der Waals surface area (Å²) in [6.07, 6.45) is 4.48. The highest BCUT2D eigenvalue weighted by atomic mass is 16.7. The van der Waals surface area contributed by atoms with Crippen molar-refractivity contribution in [1.29, 1.82) is 0 Å². The van der Waals surface area contributed by atoms with Crippen molar-refractivity contribution in [3.63, 3.8) is 0 Å². The van der Waals surface area contributed by atoms with Crippen molar-refractivity contribution in [2.24, 2.45) is 5.41 Å². The van der Waals surface area contributed by atoms with Crippen LogP contribution in [0.5, 0.6) is 0 Å². The Kier molecular flexibility index (Phi) is 2.00. The Morgan fingerprint density at radius 1 is 1.38 bits per heavy atom. The van der Waals surface area contributed by atoms with Gasteiger partial charge >= 0.3 is 0 Å². The Morgan fingerprint density at radius 3 is 2.69 bits per heavy atom. The Labute approximate surface area is 79.9 Å². The molecule has 0 unspecified atom stereocenters. The van der Waals surface area contributed by atoms with E-state index in [4.69, 9.17) is 9.47 Å². The lowest BCUT2D eigenvalue weighted by atomic mass is 9.75. The summed E-state index contributed by atoms with van der Waals surface area (Å²) < 4.78 is 11.4. The third-order valence-electron chi connectivity index (χ3n) is 3.85. The minimum atomic E-state index is -0.334. The zero-order valence-electron chi connectivity index (χ0n) is 8.56. The molecule has 2 nitrogen and oxygen atoms in total. The van der Waals surface area contributed by atoms with E-state index in [9.17, 15) is 0 Å². The molecule has 1 aliphatic carbocycles. The Morgan fingerprint density at radius 2 is 2.15 bits per heavy atom. The van der Waals surface area contributed by atoms with Gasteiger partial charge in [0.1, 0.15) is 0 Å². The monoisotopic (exact) mass is 182 g/mol. The zero-order chi connectivity index (χ0) is 9.53. The minimum Gasteiger partial charge on any atom is -0.352 e. The molecule has 0 N–H and O–H groups in total. The Hall–Kier alpha value is -0.340. The second-order valence-electron chi connectivity index (χ2n) is 4.27. The van der Waals surface area contributed by atoms with Gasteiger partial charge in [-0.05, 0) is 26.2 Å². The van der Waals surface area contributed by atoms with Crippen molar-refractivity contribution in [1.82, 2.24) is 0 Å². The molecule has 1 saturated carbocycles. The molecular weight excluding hydrogens is 164 g/mol. The predicted molar refractivity (Wildman–Crippen MR) is 51.4 cm³/mol. The van der Waals surface area contributed by atoms with Crippen LogP contribution < -0.4 is 0 Å². The second kappa shape index (κ2) is 2.82. The van der Waals surface area contributed by atoms with E-state index in [1.54, 1.807) is 7.11 Å². The van der Waals surface area contributed by atoms with Crippen LogP contribution in [0.4, 0.5) is 0 Å². The van der Waals surface area contributed by atoms with E-state index >= 15 is 0 Å². The fourth-order valence-electron chi connectivity index (χ4n) is 3.08. The standard InChI is InChI=1S/C11H18O2/c1-9(2)10-5-4-6-11(10,12-3)13-8-7-10/h1,4-8H2,2-3H3/t10-,11-/m1/s1. The first-order valence-electron chi connectivity index (χ1n) is 5.02. The van der Waals surface area contributed by atoms with E-state index in [1.165, 1.54) is 18.4 Å². The first kappa shape index (κ1) is 9.22. The highest BCUT2D eigenvalue weighted by molar-refractivity contribution is 5.19. The van der Waals surface area contributed by atoms with E-state index in [2.05, 4.69) is 13.5 Å². The number of hydrogen-bond donors (Lipinski definition) is 0. The van der Waals surface area contributed by atoms with E-state index in [0.717, 1.165) is 19.4 Å². The number of methoxy groups -OCH3 is 1. The number of hydrogen-bond acceptors (Lipinski definition) is 2. The molecule has 0 spiro atoms. The highest BCUT2D eigenvalue weighted by Crippen LogP contribution is 2.58. The molecule has 2 aliphatic rings. The molecule has 2 rings (SSSR count). The molecule has 2 heteroatoms. The molecule has 1 aliphatic heterocycles. The molecule has 1 saturated heterocycles. The zero-order valence-corrected chi connectivity index (χ0v) is 8.56. The van der Waals surface area contributed by atoms with Crippen molar-refractivity contribution in [3.8, 4) is 0 Å². The summed E-state index contributed by atoms with van der Waals surface area (Å²) in [5.41, 5.74) is 1.34. The third kappa shape index (κ3) is 0.960. The third-order valence-corrected chi connectivity index (χ3v) is 3.85. The molecule has 74 valence electrons. The molecule has 0 bridgehead atoms. The lowest BCUT2D eigenvalue weighted by molar-refractivity contribution is -0.223. The van der Waals surface area contributed by atoms with Gasteiger partial charge < -0.3 is 9.47 Å². The average molecular weight is 182 g/mol. The Bertz CT molecular complexity index is 222. The summed E-state index contributed by atoms with van der Waals surface area (Å²) in [7, 11) is 1.76. The molecule has 0 radical (unpaired) electrons. The first-order valence-corrected chi connectivity index (χ1v) is 5.02. The highest BCUT2D eigenvalue weighted by Gasteiger charge is 2.60. The van der Waals surface area contributed by atoms with E-state index < -0.39 is 0 Å². The van der Waals surface area contributed by atoms with Gasteiger partial charge in [-0.25, -0.2) is 0 Å². The van der Waals surface area contributed by atoms with Crippen LogP contribution in [0.15, 0.2) is 12.2 Å². The molecule has 13 heavy (non-hydrogen) atoms. The van der Waals surface area contributed by atoms with Gasteiger partial charge in [-0.1, -0.05) is 12.2 Å². The van der Waals surface area contributed by atoms with Crippen LogP contribution in [0.2, 0.25) is 0 Å². The maximum Gasteiger partial charge on any atom is 0.177 e. The van der Waals surface area contributed by atoms with Crippen molar-refractivity contribution in [2.75, 3.05) is 13.7 Å². The SMILES string of the molecule is C=C(C)[C@]12CCC[C@@]1(OC)OCC2. The maximum absolute atomic E-state index is 5.80. The average Bonchev–Trinajstić information content (AvgIpc) is 2.57. The van der Waals surface area contributed by atoms with Gasteiger partial charge in [-0.2, -0.15) is 0 Å². The lowest BCUT2D eigenvalue weighted by Crippen LogP contribution is -2.42. The van der Waals surface area contributed by atoms with E-state index in [1.807, 2.05) is 0 Å². The van der Waals surface area contributed by atoms with Gasteiger partial charge in [-0.15, -0.1) is 0 Å². The summed E-state index contributed by atoms with van der Waals surface area (Å²) >= 11 is 0. The van der Waals surface area contributed by atoms with Gasteiger partial charge in [0.25, 0.3) is 0 Å². The van der Waals surface area contributed by atoms with E-state index in [0.29, 0.717) is 0 Å². The quantitative estimate of drug-likeness (QED) is 0.611. The van der Waals surface area contributed by atoms with Crippen molar-refractivity contribution < 1.29 is 9.47 Å². The fraction of sp³-hybridized carbons (Fsp3) is 0.818. The van der Waals surface area contributed by atoms with Crippen LogP contribution in [0.25, 0.3) is 0 Å². The summed E-state index contributed by atoms with van der Waals surface area (Å²) in [4.78, 5) is 0. The van der Waals surface area contributed by atoms with Crippen LogP contribution in [0, 0.1) is 5.41 Å². The van der Waals surface area contributed by atoms with Gasteiger partial charge in [-0.3, -0.25) is 0 Å². The predicted octanol–water partition coefficient (Wildman–Crippen LogP) is 2.50. The van der Waals surface area contributed by atoms with Gasteiger partial charge in [0.05, 0.1) is 6.61 Å². The topological polar surface area (TPSA) is 18.5 Å². The molecular formula is C11H18O2. The first-order chi connectivity index (χ1) is 6.17. The molecule has 0 aromatic carbocycles. The van der Waals surface area contributed by atoms with Crippen LogP contribution >= 0.6 is 0 Å². The Balaban J connectivity index is 2.39. The minimum absolute atomic E-state index is 0.113. The maximum atomic E-state index is 5.80. The normalized spacial score (nSPS) is 43.5. The largest absolute Gasteiger partial charge is 0.352 e. The van der Waals surface area contributed by atoms with Crippen LogP contribution in [-0.2, 0) is 9.47 Å². The van der Waals surface area contributed by atoms with Gasteiger partial charge in [0, 0.05) is 18.9 Å². The number of fused-ring (bicyclic) bond motifs is 1. The smallest absolute Gasteiger partial charge is 0.177 e. The molecule has 0 amide bonds.